The molecule has 0 rings (SSSR count). The molecular formula is C3H2NaO6P-2. The van der Waals surface area contributed by atoms with Gasteiger partial charge in [-0.1, -0.05) is 6.58 Å². The number of aliphatic carboxylic acids is 1. The van der Waals surface area contributed by atoms with Gasteiger partial charge in [-0.3, -0.25) is 0 Å². The quantitative estimate of drug-likeness (QED) is 0.188. The van der Waals surface area contributed by atoms with Crippen LogP contribution in [0.3, 0.4) is 0 Å². The number of phosphoric ester groups is 1. The molecule has 0 heterocycles. The number of carbonyl (C=O) groups is 1. The van der Waals surface area contributed by atoms with Gasteiger partial charge in [0.25, 0.3) is 0 Å². The van der Waals surface area contributed by atoms with Crippen LogP contribution in [0.2, 0.25) is 0 Å². The van der Waals surface area contributed by atoms with Crippen molar-refractivity contribution in [1.82, 2.24) is 0 Å². The SMILES string of the molecule is C=C(OP(=O)([O-])[O-])C(=O)[O-].[Na+]. The predicted molar refractivity (Wildman–Crippen MR) is 22.8 cm³/mol. The van der Waals surface area contributed by atoms with E-state index >= 15 is 0 Å². The summed E-state index contributed by atoms with van der Waals surface area (Å²) in [6.45, 7) is 2.58. The molecule has 0 aliphatic heterocycles. The van der Waals surface area contributed by atoms with Crippen molar-refractivity contribution < 1.29 is 58.3 Å². The molecule has 8 heteroatoms. The normalized spacial score (nSPS) is 9.64. The largest absolute Gasteiger partial charge is 1.00 e. The van der Waals surface area contributed by atoms with E-state index < -0.39 is 19.6 Å². The molecule has 0 atom stereocenters. The van der Waals surface area contributed by atoms with E-state index in [2.05, 4.69) is 11.1 Å². The molecule has 0 aromatic heterocycles. The summed E-state index contributed by atoms with van der Waals surface area (Å²) in [7, 11) is -5.30. The van der Waals surface area contributed by atoms with Crippen LogP contribution in [-0.4, -0.2) is 5.97 Å². The number of hydrogen-bond acceptors (Lipinski definition) is 6. The molecule has 58 valence electrons. The number of hydrogen-bond donors (Lipinski definition) is 0. The molecule has 0 aromatic carbocycles. The van der Waals surface area contributed by atoms with E-state index in [1.165, 1.54) is 0 Å². The molecule has 0 amide bonds. The molecule has 0 unspecified atom stereocenters. The zero-order valence-corrected chi connectivity index (χ0v) is 8.50. The first kappa shape index (κ1) is 13.7. The number of carbonyl (C=O) groups excluding carboxylic acids is 1. The summed E-state index contributed by atoms with van der Waals surface area (Å²) < 4.78 is 12.9. The molecule has 0 aromatic rings. The Kier molecular flexibility index (Phi) is 6.14. The number of carboxylic acid groups (broad SMARTS) is 1. The summed E-state index contributed by atoms with van der Waals surface area (Å²) in [4.78, 5) is 28.9. The molecule has 0 saturated heterocycles. The molecule has 0 aliphatic carbocycles. The average molecular weight is 188 g/mol. The Balaban J connectivity index is 0. The van der Waals surface area contributed by atoms with E-state index in [-0.39, 0.29) is 29.6 Å². The van der Waals surface area contributed by atoms with E-state index in [0.717, 1.165) is 0 Å². The Hall–Kier alpha value is 0.160. The van der Waals surface area contributed by atoms with Crippen LogP contribution >= 0.6 is 7.82 Å². The standard InChI is InChI=1S/C3H5O6P.Na/c1-2(3(4)5)9-10(6,7)8;/h1H2,(H,4,5)(H2,6,7,8);/q;+1/p-3. The van der Waals surface area contributed by atoms with Gasteiger partial charge in [0.1, 0.15) is 19.6 Å². The van der Waals surface area contributed by atoms with Crippen molar-refractivity contribution in [3.8, 4) is 0 Å². The van der Waals surface area contributed by atoms with Gasteiger partial charge in [0.2, 0.25) is 0 Å². The second-order valence-corrected chi connectivity index (χ2v) is 2.33. The fourth-order valence-electron chi connectivity index (χ4n) is 0.172. The van der Waals surface area contributed by atoms with Crippen molar-refractivity contribution in [3.63, 3.8) is 0 Å². The maximum absolute atomic E-state index is 9.64. The van der Waals surface area contributed by atoms with E-state index in [1.54, 1.807) is 0 Å². The maximum Gasteiger partial charge on any atom is 1.00 e. The number of phosphoric acid groups is 1. The van der Waals surface area contributed by atoms with E-state index in [1.807, 2.05) is 0 Å². The van der Waals surface area contributed by atoms with Crippen LogP contribution in [-0.2, 0) is 13.9 Å². The Bertz CT molecular complexity index is 206. The molecule has 0 N–H and O–H groups in total. The summed E-state index contributed by atoms with van der Waals surface area (Å²) >= 11 is 0. The molecule has 11 heavy (non-hydrogen) atoms. The summed E-state index contributed by atoms with van der Waals surface area (Å²) in [5.74, 6) is -3.15. The third-order valence-corrected chi connectivity index (χ3v) is 0.894. The van der Waals surface area contributed by atoms with Crippen LogP contribution in [0, 0.1) is 0 Å². The second kappa shape index (κ2) is 4.92. The summed E-state index contributed by atoms with van der Waals surface area (Å²) in [5, 5.41) is 9.64. The molecule has 0 bridgehead atoms. The van der Waals surface area contributed by atoms with Crippen molar-refractivity contribution in [1.29, 1.82) is 0 Å². The van der Waals surface area contributed by atoms with Crippen molar-refractivity contribution in [2.45, 2.75) is 0 Å². The van der Waals surface area contributed by atoms with Gasteiger partial charge in [0, 0.05) is 0 Å². The number of carboxylic acids is 1. The summed E-state index contributed by atoms with van der Waals surface area (Å²) in [6, 6.07) is 0. The van der Waals surface area contributed by atoms with E-state index in [9.17, 15) is 24.3 Å². The van der Waals surface area contributed by atoms with Gasteiger partial charge >= 0.3 is 29.6 Å². The molecule has 0 aliphatic rings. The van der Waals surface area contributed by atoms with Crippen LogP contribution in [0.15, 0.2) is 12.3 Å². The van der Waals surface area contributed by atoms with E-state index in [4.69, 9.17) is 0 Å². The molecule has 0 saturated carbocycles. The van der Waals surface area contributed by atoms with Gasteiger partial charge in [-0.05, 0) is 0 Å². The fourth-order valence-corrected chi connectivity index (χ4v) is 0.517. The van der Waals surface area contributed by atoms with Crippen LogP contribution < -0.4 is 44.5 Å². The van der Waals surface area contributed by atoms with Crippen LogP contribution in [0.4, 0.5) is 0 Å². The summed E-state index contributed by atoms with van der Waals surface area (Å²) in [5.41, 5.74) is 0. The van der Waals surface area contributed by atoms with Crippen molar-refractivity contribution in [2.24, 2.45) is 0 Å². The fraction of sp³-hybridized carbons (Fsp3) is 0. The number of rotatable bonds is 3. The zero-order chi connectivity index (χ0) is 8.36. The first-order valence-electron chi connectivity index (χ1n) is 1.95. The Morgan fingerprint density at radius 2 is 1.82 bits per heavy atom. The van der Waals surface area contributed by atoms with Crippen LogP contribution in [0.5, 0.6) is 0 Å². The Labute approximate surface area is 84.4 Å². The third kappa shape index (κ3) is 8.06. The first-order chi connectivity index (χ1) is 4.33. The third-order valence-electron chi connectivity index (χ3n) is 0.450. The Morgan fingerprint density at radius 3 is 1.91 bits per heavy atom. The molecule has 0 radical (unpaired) electrons. The van der Waals surface area contributed by atoms with Gasteiger partial charge in [0.15, 0.2) is 0 Å². The summed E-state index contributed by atoms with van der Waals surface area (Å²) in [6.07, 6.45) is 0. The second-order valence-electron chi connectivity index (χ2n) is 1.25. The predicted octanol–water partition coefficient (Wildman–Crippen LogP) is -5.90. The molecule has 6 nitrogen and oxygen atoms in total. The molecule has 0 fully saturated rings. The van der Waals surface area contributed by atoms with Gasteiger partial charge in [-0.25, -0.2) is 0 Å². The van der Waals surface area contributed by atoms with Crippen LogP contribution in [0.25, 0.3) is 0 Å². The van der Waals surface area contributed by atoms with Crippen molar-refractivity contribution in [2.75, 3.05) is 0 Å². The molecular weight excluding hydrogens is 186 g/mol. The minimum absolute atomic E-state index is 0. The topological polar surface area (TPSA) is 113 Å². The first-order valence-corrected chi connectivity index (χ1v) is 3.41. The minimum Gasteiger partial charge on any atom is -0.780 e. The van der Waals surface area contributed by atoms with Gasteiger partial charge in [-0.2, -0.15) is 0 Å². The minimum atomic E-state index is -5.30. The monoisotopic (exact) mass is 188 g/mol. The Morgan fingerprint density at radius 1 is 1.45 bits per heavy atom. The smallest absolute Gasteiger partial charge is 0.780 e. The average Bonchev–Trinajstić information content (AvgIpc) is 1.60. The molecule has 0 spiro atoms. The van der Waals surface area contributed by atoms with Crippen LogP contribution in [0.1, 0.15) is 0 Å². The van der Waals surface area contributed by atoms with E-state index in [0.29, 0.717) is 0 Å². The van der Waals surface area contributed by atoms with Gasteiger partial charge in [-0.15, -0.1) is 0 Å². The van der Waals surface area contributed by atoms with Crippen molar-refractivity contribution in [3.05, 3.63) is 12.3 Å². The zero-order valence-electron chi connectivity index (χ0n) is 5.60. The maximum atomic E-state index is 9.64. The van der Waals surface area contributed by atoms with Gasteiger partial charge < -0.3 is 28.8 Å². The van der Waals surface area contributed by atoms with Crippen molar-refractivity contribution >= 4 is 13.8 Å². The van der Waals surface area contributed by atoms with Gasteiger partial charge in [0.05, 0.1) is 0 Å².